The molecule has 1 aromatic heterocycles. The van der Waals surface area contributed by atoms with Crippen LogP contribution in [-0.2, 0) is 17.8 Å². The number of aliphatic imine (C=N–C) groups is 1. The largest absolute Gasteiger partial charge is 0.497 e. The minimum absolute atomic E-state index is 0. The van der Waals surface area contributed by atoms with Crippen LogP contribution < -0.4 is 15.4 Å². The van der Waals surface area contributed by atoms with Gasteiger partial charge in [-0.3, -0.25) is 4.99 Å². The molecular weight excluding hydrogens is 473 g/mol. The SMILES string of the molecule is CCNC(=NCCCOCc1ccc(OC)cc1)NCCc1cccs1.I. The highest BCUT2D eigenvalue weighted by Crippen LogP contribution is 2.12. The molecule has 7 heteroatoms. The summed E-state index contributed by atoms with van der Waals surface area (Å²) in [4.78, 5) is 5.99. The fraction of sp³-hybridized carbons (Fsp3) is 0.450. The van der Waals surface area contributed by atoms with E-state index in [9.17, 15) is 0 Å². The Kier molecular flexibility index (Phi) is 12.9. The Balaban J connectivity index is 0.00000364. The number of hydrogen-bond acceptors (Lipinski definition) is 4. The molecule has 0 fully saturated rings. The minimum atomic E-state index is 0. The van der Waals surface area contributed by atoms with Crippen LogP contribution >= 0.6 is 35.3 Å². The van der Waals surface area contributed by atoms with Gasteiger partial charge in [-0.05, 0) is 48.9 Å². The van der Waals surface area contributed by atoms with Gasteiger partial charge in [-0.15, -0.1) is 35.3 Å². The van der Waals surface area contributed by atoms with Gasteiger partial charge in [-0.1, -0.05) is 18.2 Å². The van der Waals surface area contributed by atoms with E-state index in [2.05, 4.69) is 40.1 Å². The highest BCUT2D eigenvalue weighted by molar-refractivity contribution is 14.0. The Morgan fingerprint density at radius 2 is 1.96 bits per heavy atom. The Labute approximate surface area is 183 Å². The number of hydrogen-bond donors (Lipinski definition) is 2. The molecule has 0 saturated carbocycles. The number of nitrogens with zero attached hydrogens (tertiary/aromatic N) is 1. The molecule has 1 heterocycles. The van der Waals surface area contributed by atoms with Gasteiger partial charge in [0.1, 0.15) is 5.75 Å². The van der Waals surface area contributed by atoms with E-state index in [-0.39, 0.29) is 24.0 Å². The van der Waals surface area contributed by atoms with Gasteiger partial charge in [-0.2, -0.15) is 0 Å². The Bertz CT molecular complexity index is 633. The molecule has 27 heavy (non-hydrogen) atoms. The van der Waals surface area contributed by atoms with Crippen molar-refractivity contribution in [2.24, 2.45) is 4.99 Å². The Morgan fingerprint density at radius 1 is 1.15 bits per heavy atom. The zero-order valence-electron chi connectivity index (χ0n) is 16.1. The highest BCUT2D eigenvalue weighted by Gasteiger charge is 1.99. The van der Waals surface area contributed by atoms with Crippen LogP contribution in [0.2, 0.25) is 0 Å². The first-order valence-electron chi connectivity index (χ1n) is 9.07. The smallest absolute Gasteiger partial charge is 0.191 e. The van der Waals surface area contributed by atoms with E-state index in [1.165, 1.54) is 4.88 Å². The molecule has 0 bridgehead atoms. The lowest BCUT2D eigenvalue weighted by Crippen LogP contribution is -2.38. The Hall–Kier alpha value is -1.32. The molecule has 5 nitrogen and oxygen atoms in total. The predicted molar refractivity (Wildman–Crippen MR) is 125 cm³/mol. The molecule has 0 radical (unpaired) electrons. The van der Waals surface area contributed by atoms with E-state index < -0.39 is 0 Å². The topological polar surface area (TPSA) is 54.9 Å². The summed E-state index contributed by atoms with van der Waals surface area (Å²) < 4.78 is 10.9. The number of benzene rings is 1. The second-order valence-electron chi connectivity index (χ2n) is 5.77. The highest BCUT2D eigenvalue weighted by atomic mass is 127. The van der Waals surface area contributed by atoms with E-state index in [0.717, 1.165) is 49.7 Å². The van der Waals surface area contributed by atoms with Gasteiger partial charge in [0.15, 0.2) is 5.96 Å². The van der Waals surface area contributed by atoms with Crippen LogP contribution in [0, 0.1) is 0 Å². The van der Waals surface area contributed by atoms with E-state index >= 15 is 0 Å². The van der Waals surface area contributed by atoms with E-state index in [4.69, 9.17) is 9.47 Å². The van der Waals surface area contributed by atoms with Crippen molar-refractivity contribution in [2.45, 2.75) is 26.4 Å². The summed E-state index contributed by atoms with van der Waals surface area (Å²) >= 11 is 1.79. The van der Waals surface area contributed by atoms with Crippen molar-refractivity contribution in [3.8, 4) is 5.75 Å². The van der Waals surface area contributed by atoms with Crippen molar-refractivity contribution in [2.75, 3.05) is 33.4 Å². The summed E-state index contributed by atoms with van der Waals surface area (Å²) in [5, 5.41) is 8.77. The van der Waals surface area contributed by atoms with Crippen LogP contribution in [-0.4, -0.2) is 39.3 Å². The monoisotopic (exact) mass is 503 g/mol. The summed E-state index contributed by atoms with van der Waals surface area (Å²) in [6, 6.07) is 12.2. The van der Waals surface area contributed by atoms with Crippen molar-refractivity contribution in [3.05, 3.63) is 52.2 Å². The Morgan fingerprint density at radius 3 is 2.63 bits per heavy atom. The number of rotatable bonds is 11. The van der Waals surface area contributed by atoms with Crippen LogP contribution in [0.3, 0.4) is 0 Å². The van der Waals surface area contributed by atoms with Crippen LogP contribution in [0.1, 0.15) is 23.8 Å². The van der Waals surface area contributed by atoms with E-state index in [1.54, 1.807) is 18.4 Å². The molecule has 1 aromatic carbocycles. The minimum Gasteiger partial charge on any atom is -0.497 e. The molecule has 0 saturated heterocycles. The normalized spacial score (nSPS) is 11.0. The van der Waals surface area contributed by atoms with Gasteiger partial charge in [0.2, 0.25) is 0 Å². The van der Waals surface area contributed by atoms with Crippen LogP contribution in [0.25, 0.3) is 0 Å². The molecule has 0 unspecified atom stereocenters. The number of thiophene rings is 1. The number of guanidine groups is 1. The van der Waals surface area contributed by atoms with Crippen LogP contribution in [0.15, 0.2) is 46.8 Å². The molecular formula is C20H30IN3O2S. The van der Waals surface area contributed by atoms with Crippen LogP contribution in [0.5, 0.6) is 5.75 Å². The molecule has 2 rings (SSSR count). The maximum Gasteiger partial charge on any atom is 0.191 e. The lowest BCUT2D eigenvalue weighted by Gasteiger charge is -2.11. The second kappa shape index (κ2) is 14.7. The summed E-state index contributed by atoms with van der Waals surface area (Å²) in [6.07, 6.45) is 1.92. The van der Waals surface area contributed by atoms with E-state index in [0.29, 0.717) is 13.2 Å². The van der Waals surface area contributed by atoms with Gasteiger partial charge < -0.3 is 20.1 Å². The van der Waals surface area contributed by atoms with E-state index in [1.807, 2.05) is 24.3 Å². The lowest BCUT2D eigenvalue weighted by atomic mass is 10.2. The van der Waals surface area contributed by atoms with Crippen molar-refractivity contribution >= 4 is 41.3 Å². The van der Waals surface area contributed by atoms with Gasteiger partial charge in [0.05, 0.1) is 13.7 Å². The number of methoxy groups -OCH3 is 1. The number of nitrogens with one attached hydrogen (secondary N) is 2. The van der Waals surface area contributed by atoms with Crippen LogP contribution in [0.4, 0.5) is 0 Å². The molecule has 0 aliphatic rings. The standard InChI is InChI=1S/C20H29N3O2S.HI/c1-3-21-20(23-13-11-19-6-4-15-26-19)22-12-5-14-25-16-17-7-9-18(24-2)10-8-17;/h4,6-10,15H,3,5,11-14,16H2,1-2H3,(H2,21,22,23);1H. The third-order valence-corrected chi connectivity index (χ3v) is 4.67. The average Bonchev–Trinajstić information content (AvgIpc) is 3.18. The molecule has 0 spiro atoms. The summed E-state index contributed by atoms with van der Waals surface area (Å²) in [5.41, 5.74) is 1.15. The number of ether oxygens (including phenoxy) is 2. The molecule has 0 atom stereocenters. The third-order valence-electron chi connectivity index (χ3n) is 3.73. The van der Waals surface area contributed by atoms with Gasteiger partial charge in [0, 0.05) is 31.1 Å². The fourth-order valence-electron chi connectivity index (χ4n) is 2.37. The quantitative estimate of drug-likeness (QED) is 0.210. The molecule has 0 aliphatic carbocycles. The summed E-state index contributed by atoms with van der Waals surface area (Å²) in [5.74, 6) is 1.74. The van der Waals surface area contributed by atoms with Crippen molar-refractivity contribution in [3.63, 3.8) is 0 Å². The molecule has 150 valence electrons. The maximum atomic E-state index is 5.72. The predicted octanol–water partition coefficient (Wildman–Crippen LogP) is 4.08. The molecule has 2 N–H and O–H groups in total. The second-order valence-corrected chi connectivity index (χ2v) is 6.80. The molecule has 2 aromatic rings. The van der Waals surface area contributed by atoms with Gasteiger partial charge in [-0.25, -0.2) is 0 Å². The van der Waals surface area contributed by atoms with Gasteiger partial charge in [0.25, 0.3) is 0 Å². The fourth-order valence-corrected chi connectivity index (χ4v) is 3.08. The maximum absolute atomic E-state index is 5.72. The molecule has 0 amide bonds. The first kappa shape index (κ1) is 23.7. The van der Waals surface area contributed by atoms with Gasteiger partial charge >= 0.3 is 0 Å². The summed E-state index contributed by atoms with van der Waals surface area (Å²) in [7, 11) is 1.67. The lowest BCUT2D eigenvalue weighted by molar-refractivity contribution is 0.120. The zero-order chi connectivity index (χ0) is 18.5. The average molecular weight is 503 g/mol. The van der Waals surface area contributed by atoms with Crippen molar-refractivity contribution < 1.29 is 9.47 Å². The van der Waals surface area contributed by atoms with Crippen molar-refractivity contribution in [1.82, 2.24) is 10.6 Å². The molecule has 0 aliphatic heterocycles. The number of halogens is 1. The first-order chi connectivity index (χ1) is 12.8. The third kappa shape index (κ3) is 9.97. The summed E-state index contributed by atoms with van der Waals surface area (Å²) in [6.45, 7) is 5.89. The first-order valence-corrected chi connectivity index (χ1v) is 9.95. The van der Waals surface area contributed by atoms with Crippen molar-refractivity contribution in [1.29, 1.82) is 0 Å². The zero-order valence-corrected chi connectivity index (χ0v) is 19.2.